The Balaban J connectivity index is 1.59. The molecule has 0 aliphatic heterocycles. The molecule has 6 nitrogen and oxygen atoms in total. The van der Waals surface area contributed by atoms with Gasteiger partial charge < -0.3 is 10.4 Å². The number of nitrogens with zero attached hydrogens (tertiary/aromatic N) is 2. The molecule has 156 valence electrons. The quantitative estimate of drug-likeness (QED) is 0.565. The summed E-state index contributed by atoms with van der Waals surface area (Å²) >= 11 is 1.33. The lowest BCUT2D eigenvalue weighted by atomic mass is 10.1. The minimum absolute atomic E-state index is 0.0580. The Morgan fingerprint density at radius 3 is 2.73 bits per heavy atom. The number of carbonyl (C=O) groups is 1. The average Bonchev–Trinajstić information content (AvgIpc) is 3.29. The third-order valence-corrected chi connectivity index (χ3v) is 8.09. The van der Waals surface area contributed by atoms with Crippen LogP contribution in [0.15, 0.2) is 58.7 Å². The van der Waals surface area contributed by atoms with E-state index < -0.39 is 10.8 Å². The molecule has 0 radical (unpaired) electrons. The lowest BCUT2D eigenvalue weighted by Gasteiger charge is -2.15. The molecule has 0 spiro atoms. The normalized spacial score (nSPS) is 22.0. The van der Waals surface area contributed by atoms with E-state index in [1.165, 1.54) is 23.9 Å². The number of rotatable bonds is 6. The first-order valence-electron chi connectivity index (χ1n) is 9.80. The summed E-state index contributed by atoms with van der Waals surface area (Å²) in [5, 5.41) is 13.3. The maximum absolute atomic E-state index is 13.2. The van der Waals surface area contributed by atoms with Gasteiger partial charge in [-0.25, -0.2) is 14.2 Å². The van der Waals surface area contributed by atoms with Crippen molar-refractivity contribution in [3.8, 4) is 0 Å². The van der Waals surface area contributed by atoms with Crippen molar-refractivity contribution in [1.29, 1.82) is 0 Å². The standard InChI is InChI=1S/C22H23N3O3S2/c1-13-8-15(9-18(13)26)25-22-17(11-23-12-24-22)21(27)19-10-20(14(2)29-19)30(28)16-6-4-3-5-7-16/h3-7,10-13,15,18,26H,8-9H2,1-2H3,(H,23,24,25)/t13-,15-,18+,30+/m1/s1. The number of aromatic nitrogens is 2. The molecule has 0 amide bonds. The Hall–Kier alpha value is -2.42. The number of aliphatic hydroxyl groups excluding tert-OH is 1. The zero-order chi connectivity index (χ0) is 21.3. The Kier molecular flexibility index (Phi) is 6.08. The topological polar surface area (TPSA) is 92.2 Å². The second-order valence-electron chi connectivity index (χ2n) is 7.58. The summed E-state index contributed by atoms with van der Waals surface area (Å²) in [7, 11) is -1.34. The number of hydrogen-bond donors (Lipinski definition) is 2. The summed E-state index contributed by atoms with van der Waals surface area (Å²) in [6.07, 6.45) is 4.01. The highest BCUT2D eigenvalue weighted by molar-refractivity contribution is 7.85. The van der Waals surface area contributed by atoms with E-state index in [0.717, 1.165) is 11.3 Å². The molecule has 0 saturated heterocycles. The van der Waals surface area contributed by atoms with Gasteiger partial charge in [-0.2, -0.15) is 0 Å². The van der Waals surface area contributed by atoms with Crippen LogP contribution >= 0.6 is 11.3 Å². The van der Waals surface area contributed by atoms with E-state index in [1.807, 2.05) is 44.2 Å². The van der Waals surface area contributed by atoms with E-state index >= 15 is 0 Å². The molecule has 3 aromatic rings. The molecular weight excluding hydrogens is 418 g/mol. The molecule has 2 heterocycles. The van der Waals surface area contributed by atoms with Gasteiger partial charge in [-0.15, -0.1) is 11.3 Å². The van der Waals surface area contributed by atoms with Gasteiger partial charge in [0.1, 0.15) is 12.1 Å². The van der Waals surface area contributed by atoms with Crippen LogP contribution < -0.4 is 5.32 Å². The molecule has 4 atom stereocenters. The van der Waals surface area contributed by atoms with Crippen LogP contribution in [0.1, 0.15) is 39.9 Å². The fourth-order valence-electron chi connectivity index (χ4n) is 3.71. The molecule has 2 aromatic heterocycles. The van der Waals surface area contributed by atoms with Crippen molar-refractivity contribution in [3.63, 3.8) is 0 Å². The van der Waals surface area contributed by atoms with Crippen LogP contribution in [-0.4, -0.2) is 37.2 Å². The van der Waals surface area contributed by atoms with Crippen molar-refractivity contribution >= 4 is 33.7 Å². The van der Waals surface area contributed by atoms with E-state index in [4.69, 9.17) is 0 Å². The Morgan fingerprint density at radius 1 is 1.27 bits per heavy atom. The molecular formula is C22H23N3O3S2. The van der Waals surface area contributed by atoms with Crippen molar-refractivity contribution in [2.24, 2.45) is 5.92 Å². The van der Waals surface area contributed by atoms with Crippen LogP contribution in [0.25, 0.3) is 0 Å². The summed E-state index contributed by atoms with van der Waals surface area (Å²) in [4.78, 5) is 24.2. The van der Waals surface area contributed by atoms with Crippen LogP contribution in [0.3, 0.4) is 0 Å². The van der Waals surface area contributed by atoms with Gasteiger partial charge in [-0.1, -0.05) is 25.1 Å². The van der Waals surface area contributed by atoms with Gasteiger partial charge in [0.2, 0.25) is 5.78 Å². The molecule has 1 saturated carbocycles. The smallest absolute Gasteiger partial charge is 0.208 e. The molecule has 1 aromatic carbocycles. The molecule has 1 fully saturated rings. The molecule has 0 unspecified atom stereocenters. The van der Waals surface area contributed by atoms with E-state index in [1.54, 1.807) is 6.07 Å². The zero-order valence-corrected chi connectivity index (χ0v) is 18.4. The van der Waals surface area contributed by atoms with E-state index in [2.05, 4.69) is 15.3 Å². The maximum atomic E-state index is 13.2. The van der Waals surface area contributed by atoms with Gasteiger partial charge in [0.15, 0.2) is 0 Å². The number of thiophene rings is 1. The average molecular weight is 442 g/mol. The zero-order valence-electron chi connectivity index (χ0n) is 16.7. The molecule has 1 aliphatic rings. The molecule has 1 aliphatic carbocycles. The second-order valence-corrected chi connectivity index (χ2v) is 10.3. The predicted molar refractivity (Wildman–Crippen MR) is 117 cm³/mol. The molecule has 8 heteroatoms. The highest BCUT2D eigenvalue weighted by Gasteiger charge is 2.31. The monoisotopic (exact) mass is 441 g/mol. The van der Waals surface area contributed by atoms with Crippen LogP contribution in [0.5, 0.6) is 0 Å². The first-order chi connectivity index (χ1) is 14.4. The lowest BCUT2D eigenvalue weighted by molar-refractivity contribution is 0.104. The molecule has 2 N–H and O–H groups in total. The second kappa shape index (κ2) is 8.75. The Bertz CT molecular complexity index is 1070. The summed E-state index contributed by atoms with van der Waals surface area (Å²) < 4.78 is 12.9. The van der Waals surface area contributed by atoms with Crippen molar-refractivity contribution < 1.29 is 14.1 Å². The number of anilines is 1. The fraction of sp³-hybridized carbons (Fsp3) is 0.318. The van der Waals surface area contributed by atoms with Crippen LogP contribution in [0.4, 0.5) is 5.82 Å². The first-order valence-corrected chi connectivity index (χ1v) is 11.8. The molecule has 30 heavy (non-hydrogen) atoms. The van der Waals surface area contributed by atoms with Gasteiger partial charge in [-0.05, 0) is 43.9 Å². The molecule has 4 rings (SSSR count). The predicted octanol–water partition coefficient (Wildman–Crippen LogP) is 3.82. The Labute approximate surface area is 181 Å². The van der Waals surface area contributed by atoms with E-state index in [0.29, 0.717) is 32.5 Å². The highest BCUT2D eigenvalue weighted by Crippen LogP contribution is 2.32. The van der Waals surface area contributed by atoms with E-state index in [-0.39, 0.29) is 23.8 Å². The Morgan fingerprint density at radius 2 is 2.03 bits per heavy atom. The maximum Gasteiger partial charge on any atom is 0.208 e. The third kappa shape index (κ3) is 4.21. The number of benzene rings is 1. The van der Waals surface area contributed by atoms with E-state index in [9.17, 15) is 14.1 Å². The van der Waals surface area contributed by atoms with Gasteiger partial charge in [0.25, 0.3) is 0 Å². The fourth-order valence-corrected chi connectivity index (χ4v) is 6.15. The van der Waals surface area contributed by atoms with Gasteiger partial charge in [-0.3, -0.25) is 4.79 Å². The largest absolute Gasteiger partial charge is 0.393 e. The van der Waals surface area contributed by atoms with Gasteiger partial charge >= 0.3 is 0 Å². The third-order valence-electron chi connectivity index (χ3n) is 5.39. The van der Waals surface area contributed by atoms with Crippen LogP contribution in [0.2, 0.25) is 0 Å². The van der Waals surface area contributed by atoms with Crippen molar-refractivity contribution in [2.45, 2.75) is 48.6 Å². The minimum atomic E-state index is -1.34. The SMILES string of the molecule is Cc1sc(C(=O)c2cncnc2N[C@@H]2C[C@@H](C)[C@@H](O)C2)cc1[S@@](=O)c1ccccc1. The number of hydrogen-bond acceptors (Lipinski definition) is 7. The highest BCUT2D eigenvalue weighted by atomic mass is 32.2. The lowest BCUT2D eigenvalue weighted by Crippen LogP contribution is -2.20. The number of aryl methyl sites for hydroxylation is 1. The summed E-state index contributed by atoms with van der Waals surface area (Å²) in [6.45, 7) is 3.89. The first kappa shape index (κ1) is 20.8. The summed E-state index contributed by atoms with van der Waals surface area (Å²) in [5.74, 6) is 0.478. The van der Waals surface area contributed by atoms with Crippen molar-refractivity contribution in [1.82, 2.24) is 9.97 Å². The van der Waals surface area contributed by atoms with Crippen molar-refractivity contribution in [2.75, 3.05) is 5.32 Å². The number of aliphatic hydroxyl groups is 1. The van der Waals surface area contributed by atoms with Crippen LogP contribution in [0, 0.1) is 12.8 Å². The number of nitrogens with one attached hydrogen (secondary N) is 1. The minimum Gasteiger partial charge on any atom is -0.393 e. The summed E-state index contributed by atoms with van der Waals surface area (Å²) in [5.41, 5.74) is 0.379. The van der Waals surface area contributed by atoms with Crippen molar-refractivity contribution in [3.05, 3.63) is 64.2 Å². The molecule has 0 bridgehead atoms. The van der Waals surface area contributed by atoms with Crippen LogP contribution in [-0.2, 0) is 10.8 Å². The number of ketones is 1. The van der Waals surface area contributed by atoms with Gasteiger partial charge in [0, 0.05) is 22.0 Å². The van der Waals surface area contributed by atoms with Gasteiger partial charge in [0.05, 0.1) is 32.2 Å². The summed E-state index contributed by atoms with van der Waals surface area (Å²) in [6, 6.07) is 11.0. The number of carbonyl (C=O) groups excluding carboxylic acids is 1.